The number of fused-ring (bicyclic) bond motifs is 3. The Hall–Kier alpha value is -4.21. The number of anilines is 1. The molecule has 2 aliphatic heterocycles. The third-order valence-electron chi connectivity index (χ3n) is 8.00. The Morgan fingerprint density at radius 1 is 1.05 bits per heavy atom. The average Bonchev–Trinajstić information content (AvgIpc) is 3.54. The minimum absolute atomic E-state index is 0.0292. The molecular weight excluding hydrogens is 468 g/mol. The quantitative estimate of drug-likeness (QED) is 0.431. The van der Waals surface area contributed by atoms with Crippen LogP contribution in [0.2, 0.25) is 0 Å². The van der Waals surface area contributed by atoms with Crippen molar-refractivity contribution in [2.24, 2.45) is 13.0 Å². The molecule has 1 saturated carbocycles. The van der Waals surface area contributed by atoms with Crippen molar-refractivity contribution in [3.63, 3.8) is 0 Å². The molecule has 10 nitrogen and oxygen atoms in total. The fourth-order valence-electron chi connectivity index (χ4n) is 5.96. The van der Waals surface area contributed by atoms with Crippen LogP contribution >= 0.6 is 0 Å². The molecule has 1 aliphatic carbocycles. The Morgan fingerprint density at radius 3 is 2.59 bits per heavy atom. The Balaban J connectivity index is 1.38. The van der Waals surface area contributed by atoms with E-state index in [1.54, 1.807) is 24.3 Å². The Bertz CT molecular complexity index is 1610. The van der Waals surface area contributed by atoms with E-state index in [0.717, 1.165) is 41.6 Å². The number of aromatic nitrogens is 6. The number of carbonyl (C=O) groups is 2. The van der Waals surface area contributed by atoms with Crippen LogP contribution in [-0.2, 0) is 22.2 Å². The van der Waals surface area contributed by atoms with Crippen molar-refractivity contribution in [2.75, 3.05) is 18.5 Å². The van der Waals surface area contributed by atoms with E-state index in [-0.39, 0.29) is 17.7 Å². The van der Waals surface area contributed by atoms with Gasteiger partial charge in [0.15, 0.2) is 5.65 Å². The number of likely N-dealkylation sites (tertiary alicyclic amines) is 1. The average molecular weight is 495 g/mol. The van der Waals surface area contributed by atoms with Gasteiger partial charge in [0.05, 0.1) is 5.56 Å². The summed E-state index contributed by atoms with van der Waals surface area (Å²) < 4.78 is 1.91. The third kappa shape index (κ3) is 3.01. The lowest BCUT2D eigenvalue weighted by Gasteiger charge is -2.34. The van der Waals surface area contributed by atoms with E-state index in [2.05, 4.69) is 19.9 Å². The number of likely N-dealkylation sites (N-methyl/N-ethyl adjacent to an activating group) is 1. The minimum Gasteiger partial charge on any atom is -0.324 e. The van der Waals surface area contributed by atoms with Gasteiger partial charge < -0.3 is 14.4 Å². The van der Waals surface area contributed by atoms with Crippen LogP contribution in [0.25, 0.3) is 33.8 Å². The largest absolute Gasteiger partial charge is 0.324 e. The molecule has 5 heterocycles. The topological polar surface area (TPSA) is 110 Å². The van der Waals surface area contributed by atoms with Crippen LogP contribution in [0.1, 0.15) is 37.1 Å². The van der Waals surface area contributed by atoms with Gasteiger partial charge in [0.2, 0.25) is 5.91 Å². The van der Waals surface area contributed by atoms with Gasteiger partial charge in [0.1, 0.15) is 34.7 Å². The highest BCUT2D eigenvalue weighted by Gasteiger charge is 2.58. The van der Waals surface area contributed by atoms with Crippen LogP contribution in [0, 0.1) is 12.8 Å². The highest BCUT2D eigenvalue weighted by Crippen LogP contribution is 2.52. The number of rotatable bonds is 3. The summed E-state index contributed by atoms with van der Waals surface area (Å²) in [7, 11) is 3.71. The second kappa shape index (κ2) is 7.64. The van der Waals surface area contributed by atoms with Crippen molar-refractivity contribution in [1.82, 2.24) is 34.4 Å². The summed E-state index contributed by atoms with van der Waals surface area (Å²) in [5, 5.41) is 0. The Kier molecular flexibility index (Phi) is 4.55. The second-order valence-electron chi connectivity index (χ2n) is 10.2. The summed E-state index contributed by atoms with van der Waals surface area (Å²) >= 11 is 0. The van der Waals surface area contributed by atoms with E-state index in [0.29, 0.717) is 41.5 Å². The van der Waals surface area contributed by atoms with E-state index in [4.69, 9.17) is 4.98 Å². The fraction of sp³-hybridized carbons (Fsp3) is 0.370. The molecule has 0 bridgehead atoms. The lowest BCUT2D eigenvalue weighted by Crippen LogP contribution is -2.51. The van der Waals surface area contributed by atoms with Crippen molar-refractivity contribution in [3.8, 4) is 22.6 Å². The summed E-state index contributed by atoms with van der Waals surface area (Å²) in [5.74, 6) is 1.52. The molecule has 1 spiro atoms. The first-order chi connectivity index (χ1) is 17.9. The SMILES string of the molecule is Cc1ncc(-c2nc3c(-c4ccc5c(c4)[C@@]4(CCCN4C(=O)C4CC4)C(=O)N5C)ncnc3n2C)cn1. The van der Waals surface area contributed by atoms with E-state index in [9.17, 15) is 9.59 Å². The van der Waals surface area contributed by atoms with Crippen LogP contribution in [0.4, 0.5) is 5.69 Å². The van der Waals surface area contributed by atoms with Gasteiger partial charge in [0.25, 0.3) is 5.91 Å². The molecule has 37 heavy (non-hydrogen) atoms. The maximum atomic E-state index is 13.7. The minimum atomic E-state index is -0.944. The molecule has 3 aromatic heterocycles. The number of carbonyl (C=O) groups excluding carboxylic acids is 2. The molecule has 2 fully saturated rings. The van der Waals surface area contributed by atoms with Crippen molar-refractivity contribution in [1.29, 1.82) is 0 Å². The smallest absolute Gasteiger partial charge is 0.257 e. The summed E-state index contributed by atoms with van der Waals surface area (Å²) in [6.07, 6.45) is 8.30. The maximum Gasteiger partial charge on any atom is 0.257 e. The normalized spacial score (nSPS) is 20.9. The number of hydrogen-bond acceptors (Lipinski definition) is 7. The molecule has 2 amide bonds. The Labute approximate surface area is 213 Å². The predicted molar refractivity (Wildman–Crippen MR) is 136 cm³/mol. The first-order valence-corrected chi connectivity index (χ1v) is 12.6. The molecule has 4 aromatic rings. The maximum absolute atomic E-state index is 13.7. The van der Waals surface area contributed by atoms with Crippen LogP contribution in [0.15, 0.2) is 36.9 Å². The molecule has 0 N–H and O–H groups in total. The summed E-state index contributed by atoms with van der Waals surface area (Å²) in [6, 6.07) is 5.95. The van der Waals surface area contributed by atoms with Crippen molar-refractivity contribution in [2.45, 2.75) is 38.1 Å². The van der Waals surface area contributed by atoms with Crippen LogP contribution in [0.3, 0.4) is 0 Å². The molecule has 0 unspecified atom stereocenters. The molecular formula is C27H26N8O2. The van der Waals surface area contributed by atoms with E-state index in [1.807, 2.05) is 41.6 Å². The lowest BCUT2D eigenvalue weighted by atomic mass is 9.86. The predicted octanol–water partition coefficient (Wildman–Crippen LogP) is 3.00. The summed E-state index contributed by atoms with van der Waals surface area (Å²) in [6.45, 7) is 2.45. The van der Waals surface area contributed by atoms with E-state index >= 15 is 0 Å². The second-order valence-corrected chi connectivity index (χ2v) is 10.2. The van der Waals surface area contributed by atoms with Gasteiger partial charge in [0, 0.05) is 55.8 Å². The van der Waals surface area contributed by atoms with Crippen LogP contribution < -0.4 is 4.90 Å². The van der Waals surface area contributed by atoms with Gasteiger partial charge in [-0.05, 0) is 44.7 Å². The van der Waals surface area contributed by atoms with Gasteiger partial charge in [-0.1, -0.05) is 6.07 Å². The number of benzene rings is 1. The van der Waals surface area contributed by atoms with Gasteiger partial charge in [-0.25, -0.2) is 24.9 Å². The zero-order chi connectivity index (χ0) is 25.5. The van der Waals surface area contributed by atoms with Crippen molar-refractivity contribution in [3.05, 3.63) is 48.3 Å². The zero-order valence-corrected chi connectivity index (χ0v) is 21.0. The van der Waals surface area contributed by atoms with E-state index < -0.39 is 5.54 Å². The molecule has 0 radical (unpaired) electrons. The van der Waals surface area contributed by atoms with E-state index in [1.165, 1.54) is 6.33 Å². The van der Waals surface area contributed by atoms with Crippen molar-refractivity contribution >= 4 is 28.7 Å². The van der Waals surface area contributed by atoms with Gasteiger partial charge in [-0.15, -0.1) is 0 Å². The zero-order valence-electron chi connectivity index (χ0n) is 21.0. The summed E-state index contributed by atoms with van der Waals surface area (Å²) in [5.41, 5.74) is 4.42. The molecule has 7 rings (SSSR count). The van der Waals surface area contributed by atoms with Gasteiger partial charge in [-0.3, -0.25) is 9.59 Å². The monoisotopic (exact) mass is 494 g/mol. The number of amides is 2. The Morgan fingerprint density at radius 2 is 1.84 bits per heavy atom. The molecule has 1 atom stereocenters. The molecule has 1 saturated heterocycles. The molecule has 1 aromatic carbocycles. The number of nitrogens with zero attached hydrogens (tertiary/aromatic N) is 8. The first-order valence-electron chi connectivity index (χ1n) is 12.6. The number of aryl methyl sites for hydroxylation is 2. The number of hydrogen-bond donors (Lipinski definition) is 0. The van der Waals surface area contributed by atoms with Gasteiger partial charge in [-0.2, -0.15) is 0 Å². The first kappa shape index (κ1) is 22.0. The highest BCUT2D eigenvalue weighted by atomic mass is 16.2. The summed E-state index contributed by atoms with van der Waals surface area (Å²) in [4.78, 5) is 53.1. The highest BCUT2D eigenvalue weighted by molar-refractivity contribution is 6.10. The molecule has 10 heteroatoms. The standard InChI is InChI=1S/C27H26N8O2/c1-15-28-12-18(13-29-15)23-32-22-21(30-14-31-24(22)34(23)3)17-7-8-20-19(11-17)27(26(37)33(20)2)9-4-10-35(27)25(36)16-5-6-16/h7-8,11-14,16H,4-6,9-10H2,1-3H3/t27-/m0/s1. The van der Waals surface area contributed by atoms with Crippen LogP contribution in [0.5, 0.6) is 0 Å². The third-order valence-corrected chi connectivity index (χ3v) is 8.00. The fourth-order valence-corrected chi connectivity index (χ4v) is 5.96. The van der Waals surface area contributed by atoms with Gasteiger partial charge >= 0.3 is 0 Å². The van der Waals surface area contributed by atoms with Crippen LogP contribution in [-0.4, -0.2) is 59.8 Å². The molecule has 186 valence electrons. The number of imidazole rings is 1. The lowest BCUT2D eigenvalue weighted by molar-refractivity contribution is -0.144. The molecule has 3 aliphatic rings. The van der Waals surface area contributed by atoms with Crippen molar-refractivity contribution < 1.29 is 9.59 Å².